The zero-order valence-electron chi connectivity index (χ0n) is 19.0. The van der Waals surface area contributed by atoms with Gasteiger partial charge in [-0.15, -0.1) is 0 Å². The molecule has 192 valence electrons. The molecule has 3 aromatic rings. The summed E-state index contributed by atoms with van der Waals surface area (Å²) in [4.78, 5) is 13.1. The van der Waals surface area contributed by atoms with Gasteiger partial charge in [0, 0.05) is 28.8 Å². The Balaban J connectivity index is 1.48. The summed E-state index contributed by atoms with van der Waals surface area (Å²) in [5.41, 5.74) is -0.102. The van der Waals surface area contributed by atoms with Crippen LogP contribution in [0.3, 0.4) is 0 Å². The SMILES string of the molecule is O=C1OC2(c3ccc(O)cc3Oc3cc(O)ccc32)c2cc(O[C@@H]3O[C@H](CO)[C@H](O)[C@H](O)[C@H]3O)ccc21. The van der Waals surface area contributed by atoms with Crippen LogP contribution in [0.15, 0.2) is 54.6 Å². The molecular weight excluding hydrogens is 488 g/mol. The monoisotopic (exact) mass is 510 g/mol. The van der Waals surface area contributed by atoms with Crippen molar-refractivity contribution in [2.75, 3.05) is 6.61 Å². The van der Waals surface area contributed by atoms with Crippen molar-refractivity contribution >= 4 is 5.97 Å². The van der Waals surface area contributed by atoms with Crippen LogP contribution in [0.2, 0.25) is 0 Å². The van der Waals surface area contributed by atoms with Crippen molar-refractivity contribution in [1.82, 2.24) is 0 Å². The predicted octanol–water partition coefficient (Wildman–Crippen LogP) is 0.845. The molecule has 11 nitrogen and oxygen atoms in total. The Bertz CT molecular complexity index is 1350. The second kappa shape index (κ2) is 8.33. The quantitative estimate of drug-likeness (QED) is 0.276. The van der Waals surface area contributed by atoms with Crippen LogP contribution in [0.5, 0.6) is 28.7 Å². The molecule has 0 aromatic heterocycles. The molecule has 11 heteroatoms. The predicted molar refractivity (Wildman–Crippen MR) is 122 cm³/mol. The van der Waals surface area contributed by atoms with Crippen molar-refractivity contribution in [3.8, 4) is 28.7 Å². The molecule has 3 aliphatic heterocycles. The van der Waals surface area contributed by atoms with E-state index in [4.69, 9.17) is 18.9 Å². The van der Waals surface area contributed by atoms with Crippen LogP contribution < -0.4 is 9.47 Å². The van der Waals surface area contributed by atoms with Crippen LogP contribution in [0.25, 0.3) is 0 Å². The summed E-state index contributed by atoms with van der Waals surface area (Å²) in [5, 5.41) is 60.1. The molecule has 37 heavy (non-hydrogen) atoms. The molecule has 5 atom stereocenters. The van der Waals surface area contributed by atoms with Gasteiger partial charge in [0.25, 0.3) is 0 Å². The van der Waals surface area contributed by atoms with E-state index in [1.54, 1.807) is 12.1 Å². The fraction of sp³-hybridized carbons (Fsp3) is 0.269. The number of benzene rings is 3. The first-order valence-electron chi connectivity index (χ1n) is 11.4. The summed E-state index contributed by atoms with van der Waals surface area (Å²) >= 11 is 0. The number of fused-ring (bicyclic) bond motifs is 6. The van der Waals surface area contributed by atoms with E-state index in [0.717, 1.165) is 0 Å². The van der Waals surface area contributed by atoms with E-state index in [9.17, 15) is 35.4 Å². The molecule has 0 saturated carbocycles. The average Bonchev–Trinajstić information content (AvgIpc) is 3.16. The zero-order valence-corrected chi connectivity index (χ0v) is 19.0. The van der Waals surface area contributed by atoms with Gasteiger partial charge < -0.3 is 49.6 Å². The molecule has 6 rings (SSSR count). The highest BCUT2D eigenvalue weighted by molar-refractivity contribution is 5.97. The van der Waals surface area contributed by atoms with E-state index in [2.05, 4.69) is 0 Å². The van der Waals surface area contributed by atoms with E-state index in [1.807, 2.05) is 0 Å². The fourth-order valence-corrected chi connectivity index (χ4v) is 5.05. The third-order valence-corrected chi connectivity index (χ3v) is 6.85. The Morgan fingerprint density at radius 1 is 0.811 bits per heavy atom. The van der Waals surface area contributed by atoms with Gasteiger partial charge in [-0.05, 0) is 42.5 Å². The van der Waals surface area contributed by atoms with E-state index < -0.39 is 48.9 Å². The molecule has 0 unspecified atom stereocenters. The maximum Gasteiger partial charge on any atom is 0.340 e. The van der Waals surface area contributed by atoms with E-state index >= 15 is 0 Å². The molecule has 1 saturated heterocycles. The average molecular weight is 510 g/mol. The molecule has 3 aromatic carbocycles. The van der Waals surface area contributed by atoms with Gasteiger partial charge in [-0.1, -0.05) is 0 Å². The highest BCUT2D eigenvalue weighted by Crippen LogP contribution is 2.57. The second-order valence-electron chi connectivity index (χ2n) is 9.06. The van der Waals surface area contributed by atoms with Crippen molar-refractivity contribution < 1.29 is 54.4 Å². The van der Waals surface area contributed by atoms with Gasteiger partial charge in [0.2, 0.25) is 6.29 Å². The van der Waals surface area contributed by atoms with Gasteiger partial charge in [-0.25, -0.2) is 4.79 Å². The molecule has 0 radical (unpaired) electrons. The van der Waals surface area contributed by atoms with E-state index in [-0.39, 0.29) is 34.3 Å². The Hall–Kier alpha value is -3.87. The summed E-state index contributed by atoms with van der Waals surface area (Å²) in [5.74, 6) is -0.247. The lowest BCUT2D eigenvalue weighted by molar-refractivity contribution is -0.277. The van der Waals surface area contributed by atoms with Crippen molar-refractivity contribution in [1.29, 1.82) is 0 Å². The van der Waals surface area contributed by atoms with Crippen molar-refractivity contribution in [2.45, 2.75) is 36.3 Å². The lowest BCUT2D eigenvalue weighted by atomic mass is 9.77. The molecule has 0 aliphatic carbocycles. The first kappa shape index (κ1) is 23.5. The topological polar surface area (TPSA) is 175 Å². The number of carbonyl (C=O) groups excluding carboxylic acids is 1. The number of aliphatic hydroxyl groups excluding tert-OH is 4. The number of phenols is 2. The molecule has 3 heterocycles. The Morgan fingerprint density at radius 3 is 2.08 bits per heavy atom. The third kappa shape index (κ3) is 3.44. The number of aromatic hydroxyl groups is 2. The first-order valence-corrected chi connectivity index (χ1v) is 11.4. The lowest BCUT2D eigenvalue weighted by Gasteiger charge is -2.39. The molecule has 3 aliphatic rings. The molecule has 0 bridgehead atoms. The van der Waals surface area contributed by atoms with Gasteiger partial charge in [0.1, 0.15) is 53.2 Å². The second-order valence-corrected chi connectivity index (χ2v) is 9.06. The van der Waals surface area contributed by atoms with Crippen LogP contribution in [0.4, 0.5) is 0 Å². The maximum atomic E-state index is 13.1. The number of hydrogen-bond acceptors (Lipinski definition) is 11. The molecular formula is C26H22O11. The van der Waals surface area contributed by atoms with Gasteiger partial charge >= 0.3 is 5.97 Å². The van der Waals surface area contributed by atoms with Gasteiger partial charge in [0.15, 0.2) is 5.60 Å². The van der Waals surface area contributed by atoms with E-state index in [0.29, 0.717) is 16.7 Å². The highest BCUT2D eigenvalue weighted by atomic mass is 16.7. The van der Waals surface area contributed by atoms with Crippen LogP contribution in [0.1, 0.15) is 27.0 Å². The minimum atomic E-state index is -1.63. The number of carbonyl (C=O) groups is 1. The zero-order chi connectivity index (χ0) is 26.1. The summed E-state index contributed by atoms with van der Waals surface area (Å²) in [6.07, 6.45) is -7.41. The van der Waals surface area contributed by atoms with Crippen molar-refractivity contribution in [3.05, 3.63) is 76.9 Å². The Kier molecular flexibility index (Phi) is 5.30. The van der Waals surface area contributed by atoms with Gasteiger partial charge in [-0.3, -0.25) is 0 Å². The standard InChI is InChI=1S/C26H22O11/c27-10-20-21(30)22(31)23(32)25(36-20)34-13-3-4-14-17(9-13)26(37-24(14)33)15-5-1-11(28)7-18(15)35-19-8-12(29)2-6-16(19)26/h1-9,20-23,25,27-32H,10H2/t20-,21+,22+,23-,25-/m1/s1. The van der Waals surface area contributed by atoms with Gasteiger partial charge in [-0.2, -0.15) is 0 Å². The number of esters is 1. The molecule has 6 N–H and O–H groups in total. The number of ether oxygens (including phenoxy) is 4. The number of hydrogen-bond donors (Lipinski definition) is 6. The maximum absolute atomic E-state index is 13.1. The fourth-order valence-electron chi connectivity index (χ4n) is 5.05. The molecule has 1 fully saturated rings. The van der Waals surface area contributed by atoms with E-state index in [1.165, 1.54) is 42.5 Å². The number of aliphatic hydroxyl groups is 4. The normalized spacial score (nSPS) is 27.0. The summed E-state index contributed by atoms with van der Waals surface area (Å²) < 4.78 is 23.2. The Morgan fingerprint density at radius 2 is 1.46 bits per heavy atom. The summed E-state index contributed by atoms with van der Waals surface area (Å²) in [7, 11) is 0. The Labute approximate surface area is 209 Å². The van der Waals surface area contributed by atoms with Crippen LogP contribution in [-0.4, -0.2) is 73.9 Å². The van der Waals surface area contributed by atoms with Crippen LogP contribution in [0, 0.1) is 0 Å². The third-order valence-electron chi connectivity index (χ3n) is 6.85. The minimum absolute atomic E-state index is 0.0817. The minimum Gasteiger partial charge on any atom is -0.508 e. The van der Waals surface area contributed by atoms with Crippen LogP contribution >= 0.6 is 0 Å². The highest BCUT2D eigenvalue weighted by Gasteiger charge is 2.54. The number of phenolic OH excluding ortho intramolecular Hbond substituents is 2. The first-order chi connectivity index (χ1) is 17.7. The molecule has 1 spiro atoms. The van der Waals surface area contributed by atoms with Gasteiger partial charge in [0.05, 0.1) is 12.2 Å². The number of rotatable bonds is 3. The van der Waals surface area contributed by atoms with Crippen molar-refractivity contribution in [3.63, 3.8) is 0 Å². The largest absolute Gasteiger partial charge is 0.508 e. The molecule has 0 amide bonds. The summed E-state index contributed by atoms with van der Waals surface area (Å²) in [6.45, 7) is -0.617. The summed E-state index contributed by atoms with van der Waals surface area (Å²) in [6, 6.07) is 13.2. The lowest BCUT2D eigenvalue weighted by Crippen LogP contribution is -2.60. The van der Waals surface area contributed by atoms with Crippen molar-refractivity contribution in [2.24, 2.45) is 0 Å². The van der Waals surface area contributed by atoms with Crippen LogP contribution in [-0.2, 0) is 15.1 Å². The smallest absolute Gasteiger partial charge is 0.340 e.